The van der Waals surface area contributed by atoms with E-state index in [1.54, 1.807) is 5.32 Å². The summed E-state index contributed by atoms with van der Waals surface area (Å²) in [5.41, 5.74) is -3.89. The second-order valence-electron chi connectivity index (χ2n) is 6.75. The molecule has 1 N–H and O–H groups in total. The maximum absolute atomic E-state index is 14.5. The molecule has 3 rings (SSSR count). The molecule has 3 aromatic rings. The molecule has 0 aliphatic rings. The van der Waals surface area contributed by atoms with Crippen LogP contribution in [0.2, 0.25) is 0 Å². The number of carbonyl (C=O) groups is 1. The molecule has 3 aromatic carbocycles. The number of halogens is 8. The first-order valence-corrected chi connectivity index (χ1v) is 8.98. The van der Waals surface area contributed by atoms with Gasteiger partial charge in [-0.1, -0.05) is 24.3 Å². The van der Waals surface area contributed by atoms with Gasteiger partial charge >= 0.3 is 6.18 Å². The van der Waals surface area contributed by atoms with Gasteiger partial charge in [-0.25, -0.2) is 13.2 Å². The predicted octanol–water partition coefficient (Wildman–Crippen LogP) is 6.31. The minimum absolute atomic E-state index is 0.136. The summed E-state index contributed by atoms with van der Waals surface area (Å²) in [6.07, 6.45) is -4.91. The van der Waals surface area contributed by atoms with Crippen LogP contribution in [0.3, 0.4) is 0 Å². The lowest BCUT2D eigenvalue weighted by Gasteiger charge is -2.20. The summed E-state index contributed by atoms with van der Waals surface area (Å²) >= 11 is 0. The van der Waals surface area contributed by atoms with Crippen LogP contribution in [0.25, 0.3) is 11.1 Å². The van der Waals surface area contributed by atoms with Crippen molar-refractivity contribution in [1.29, 1.82) is 0 Å². The van der Waals surface area contributed by atoms with Gasteiger partial charge in [0.25, 0.3) is 11.8 Å². The first-order valence-electron chi connectivity index (χ1n) is 8.98. The van der Waals surface area contributed by atoms with Gasteiger partial charge in [-0.05, 0) is 47.5 Å². The Hall–Kier alpha value is -3.43. The minimum Gasteiger partial charge on any atom is -0.346 e. The fourth-order valence-corrected chi connectivity index (χ4v) is 3.03. The van der Waals surface area contributed by atoms with E-state index in [-0.39, 0.29) is 11.1 Å². The highest BCUT2D eigenvalue weighted by atomic mass is 19.4. The van der Waals surface area contributed by atoms with Crippen LogP contribution in [0.4, 0.5) is 35.1 Å². The lowest BCUT2D eigenvalue weighted by atomic mass is 9.99. The third-order valence-electron chi connectivity index (χ3n) is 4.53. The van der Waals surface area contributed by atoms with E-state index in [9.17, 15) is 39.9 Å². The van der Waals surface area contributed by atoms with E-state index in [1.165, 1.54) is 12.1 Å². The summed E-state index contributed by atoms with van der Waals surface area (Å²) in [4.78, 5) is 12.1. The van der Waals surface area contributed by atoms with Crippen molar-refractivity contribution in [3.05, 3.63) is 94.8 Å². The van der Waals surface area contributed by atoms with Crippen LogP contribution < -0.4 is 5.32 Å². The van der Waals surface area contributed by atoms with Gasteiger partial charge in [-0.2, -0.15) is 22.0 Å². The number of carbonyl (C=O) groups excluding carboxylic acids is 1. The molecule has 0 fully saturated rings. The summed E-state index contributed by atoms with van der Waals surface area (Å²) in [5, 5.41) is 1.59. The molecule has 168 valence electrons. The first-order chi connectivity index (χ1) is 14.9. The molecule has 1 amide bonds. The molecule has 2 nitrogen and oxygen atoms in total. The quantitative estimate of drug-likeness (QED) is 0.445. The predicted molar refractivity (Wildman–Crippen MR) is 99.4 cm³/mol. The van der Waals surface area contributed by atoms with Crippen molar-refractivity contribution >= 4 is 5.91 Å². The van der Waals surface area contributed by atoms with Crippen LogP contribution in [-0.4, -0.2) is 12.5 Å². The third kappa shape index (κ3) is 4.90. The summed E-state index contributed by atoms with van der Waals surface area (Å²) < 4.78 is 110. The molecule has 0 saturated carbocycles. The molecule has 0 atom stereocenters. The number of hydrogen-bond acceptors (Lipinski definition) is 1. The van der Waals surface area contributed by atoms with E-state index in [1.807, 2.05) is 0 Å². The fraction of sp³-hybridized carbons (Fsp3) is 0.136. The molecule has 0 heterocycles. The Morgan fingerprint density at radius 2 is 1.34 bits per heavy atom. The molecule has 0 aliphatic carbocycles. The summed E-state index contributed by atoms with van der Waals surface area (Å²) in [6, 6.07) is 9.15. The Morgan fingerprint density at radius 3 is 1.91 bits per heavy atom. The van der Waals surface area contributed by atoms with Gasteiger partial charge in [0.15, 0.2) is 0 Å². The molecule has 0 spiro atoms. The topological polar surface area (TPSA) is 29.1 Å². The highest BCUT2D eigenvalue weighted by Gasteiger charge is 2.40. The van der Waals surface area contributed by atoms with E-state index in [2.05, 4.69) is 0 Å². The number of hydrogen-bond donors (Lipinski definition) is 1. The molecule has 10 heteroatoms. The molecule has 0 radical (unpaired) electrons. The van der Waals surface area contributed by atoms with Gasteiger partial charge in [-0.15, -0.1) is 0 Å². The van der Waals surface area contributed by atoms with Crippen LogP contribution in [0.15, 0.2) is 60.7 Å². The van der Waals surface area contributed by atoms with Crippen molar-refractivity contribution in [3.8, 4) is 11.1 Å². The van der Waals surface area contributed by atoms with E-state index in [4.69, 9.17) is 0 Å². The summed E-state index contributed by atoms with van der Waals surface area (Å²) in [7, 11) is 0. The van der Waals surface area contributed by atoms with Crippen LogP contribution in [0.5, 0.6) is 0 Å². The lowest BCUT2D eigenvalue weighted by Crippen LogP contribution is -2.37. The Bertz CT molecular complexity index is 1120. The second kappa shape index (κ2) is 8.60. The van der Waals surface area contributed by atoms with Gasteiger partial charge in [0.1, 0.15) is 17.5 Å². The first kappa shape index (κ1) is 23.2. The normalized spacial score (nSPS) is 12.0. The van der Waals surface area contributed by atoms with Crippen LogP contribution in [0, 0.1) is 17.5 Å². The smallest absolute Gasteiger partial charge is 0.346 e. The van der Waals surface area contributed by atoms with Gasteiger partial charge < -0.3 is 5.32 Å². The molecule has 0 saturated heterocycles. The van der Waals surface area contributed by atoms with Gasteiger partial charge in [0.2, 0.25) is 0 Å². The van der Waals surface area contributed by atoms with Crippen molar-refractivity contribution in [2.24, 2.45) is 0 Å². The van der Waals surface area contributed by atoms with Crippen LogP contribution in [0.1, 0.15) is 21.5 Å². The van der Waals surface area contributed by atoms with E-state index in [0.29, 0.717) is 18.2 Å². The van der Waals surface area contributed by atoms with Crippen molar-refractivity contribution in [2.75, 3.05) is 6.54 Å². The lowest BCUT2D eigenvalue weighted by molar-refractivity contribution is -0.137. The molecular weight excluding hydrogens is 446 g/mol. The molecule has 32 heavy (non-hydrogen) atoms. The van der Waals surface area contributed by atoms with Crippen molar-refractivity contribution in [1.82, 2.24) is 5.32 Å². The number of rotatable bonds is 5. The molecule has 0 bridgehead atoms. The Labute approximate surface area is 176 Å². The zero-order valence-corrected chi connectivity index (χ0v) is 15.9. The monoisotopic (exact) mass is 459 g/mol. The highest BCUT2D eigenvalue weighted by molar-refractivity contribution is 5.95. The van der Waals surface area contributed by atoms with Crippen LogP contribution >= 0.6 is 0 Å². The zero-order chi connectivity index (χ0) is 23.7. The van der Waals surface area contributed by atoms with Gasteiger partial charge in [-0.3, -0.25) is 4.79 Å². The largest absolute Gasteiger partial charge is 0.417 e. The Balaban J connectivity index is 1.84. The van der Waals surface area contributed by atoms with E-state index in [0.717, 1.165) is 30.3 Å². The SMILES string of the molecule is O=C(NCC(F)(F)c1c(F)cc(-c2ccc(F)cc2)cc1F)c1ccccc1C(F)(F)F. The third-order valence-corrected chi connectivity index (χ3v) is 4.53. The summed E-state index contributed by atoms with van der Waals surface area (Å²) in [5.74, 6) is -9.65. The Kier molecular flexibility index (Phi) is 6.25. The molecule has 0 unspecified atom stereocenters. The molecular formula is C22H13F8NO. The van der Waals surface area contributed by atoms with Crippen molar-refractivity contribution in [2.45, 2.75) is 12.1 Å². The van der Waals surface area contributed by atoms with E-state index >= 15 is 0 Å². The number of amides is 1. The maximum atomic E-state index is 14.5. The standard InChI is InChI=1S/C22H13F8NO/c23-14-7-5-12(6-8-14)13-9-17(24)19(18(25)10-13)21(26,27)11-31-20(32)15-3-1-2-4-16(15)22(28,29)30/h1-10H,11H2,(H,31,32). The average Bonchev–Trinajstić information content (AvgIpc) is 2.71. The summed E-state index contributed by atoms with van der Waals surface area (Å²) in [6.45, 7) is -1.65. The number of benzene rings is 3. The maximum Gasteiger partial charge on any atom is 0.417 e. The zero-order valence-electron chi connectivity index (χ0n) is 15.9. The fourth-order valence-electron chi connectivity index (χ4n) is 3.03. The van der Waals surface area contributed by atoms with Gasteiger partial charge in [0.05, 0.1) is 23.2 Å². The number of nitrogens with one attached hydrogen (secondary N) is 1. The highest BCUT2D eigenvalue weighted by Crippen LogP contribution is 2.35. The van der Waals surface area contributed by atoms with Crippen molar-refractivity contribution in [3.63, 3.8) is 0 Å². The Morgan fingerprint density at radius 1 is 0.781 bits per heavy atom. The molecule has 0 aliphatic heterocycles. The number of alkyl halides is 5. The van der Waals surface area contributed by atoms with Gasteiger partial charge in [0, 0.05) is 0 Å². The molecule has 0 aromatic heterocycles. The second-order valence-corrected chi connectivity index (χ2v) is 6.75. The average molecular weight is 459 g/mol. The van der Waals surface area contributed by atoms with Crippen molar-refractivity contribution < 1.29 is 39.9 Å². The minimum atomic E-state index is -4.91. The van der Waals surface area contributed by atoms with E-state index < -0.39 is 58.7 Å². The van der Waals surface area contributed by atoms with Crippen LogP contribution in [-0.2, 0) is 12.1 Å².